The van der Waals surface area contributed by atoms with E-state index in [2.05, 4.69) is 4.90 Å². The Morgan fingerprint density at radius 1 is 1.35 bits per heavy atom. The van der Waals surface area contributed by atoms with Crippen LogP contribution in [0.4, 0.5) is 0 Å². The number of piperidine rings is 1. The molecule has 1 aromatic carbocycles. The first kappa shape index (κ1) is 28.1. The first-order valence-corrected chi connectivity index (χ1v) is 10.7. The smallest absolute Gasteiger partial charge is 0.333 e. The lowest BCUT2D eigenvalue weighted by Gasteiger charge is -2.58. The van der Waals surface area contributed by atoms with Crippen molar-refractivity contribution in [3.63, 3.8) is 0 Å². The van der Waals surface area contributed by atoms with Gasteiger partial charge in [-0.1, -0.05) is 19.6 Å². The number of carbonyl (C=O) groups is 2. The number of aliphatic carboxylic acids is 1. The predicted molar refractivity (Wildman–Crippen MR) is 126 cm³/mol. The molecule has 0 bridgehead atoms. The number of benzene rings is 1. The molecule has 4 N–H and O–H groups in total. The first-order valence-electron chi connectivity index (χ1n) is 10.7. The van der Waals surface area contributed by atoms with E-state index in [0.717, 1.165) is 11.1 Å². The second-order valence-electron chi connectivity index (χ2n) is 9.05. The van der Waals surface area contributed by atoms with E-state index in [9.17, 15) is 24.9 Å². The minimum absolute atomic E-state index is 0. The number of carboxylic acid groups (broad SMARTS) is 1. The van der Waals surface area contributed by atoms with Gasteiger partial charge >= 0.3 is 11.9 Å². The fraction of sp³-hybridized carbons (Fsp3) is 0.583. The Bertz CT molecular complexity index is 997. The van der Waals surface area contributed by atoms with E-state index in [4.69, 9.17) is 14.6 Å². The molecule has 2 aliphatic heterocycles. The standard InChI is InChI=1S/C23H29NO8.CH4.ClH/c1-12-4-5-14(11-25)19-18(12)22-8-9-24(3)13(2)23(22,30)7-6-16(20(22)32-19)31-17(27)10-15(26)21(28)29;;/h4-6,13,15,20,25-26,30H,7-11H2,1-3H3,(H,28,29);1H4;1H/t13-,15+,20+,22+,23-;;/m1../s1. The van der Waals surface area contributed by atoms with Gasteiger partial charge in [0.25, 0.3) is 0 Å². The molecule has 1 fully saturated rings. The van der Waals surface area contributed by atoms with Gasteiger partial charge in [0.1, 0.15) is 11.5 Å². The molecule has 0 unspecified atom stereocenters. The number of carboxylic acids is 1. The number of hydrogen-bond donors (Lipinski definition) is 4. The lowest BCUT2D eigenvalue weighted by atomic mass is 9.54. The Labute approximate surface area is 205 Å². The SMILES string of the molecule is C.Cc1ccc(CO)c2c1[C@]13CCN(C)[C@H](C)[C@]1(O)CC=C(OC(=O)C[C@H](O)C(=O)O)[C@@H]3O2.Cl. The molecular formula is C24H34ClNO8. The summed E-state index contributed by atoms with van der Waals surface area (Å²) in [7, 11) is 1.95. The molecule has 10 heteroatoms. The Balaban J connectivity index is 0.00000204. The van der Waals surface area contributed by atoms with Gasteiger partial charge in [0.15, 0.2) is 12.2 Å². The van der Waals surface area contributed by atoms with E-state index in [0.29, 0.717) is 24.3 Å². The molecule has 34 heavy (non-hydrogen) atoms. The Morgan fingerprint density at radius 3 is 2.65 bits per heavy atom. The summed E-state index contributed by atoms with van der Waals surface area (Å²) in [5.74, 6) is -1.73. The van der Waals surface area contributed by atoms with Crippen LogP contribution < -0.4 is 4.74 Å². The number of rotatable bonds is 5. The fourth-order valence-electron chi connectivity index (χ4n) is 5.62. The molecule has 1 aromatic rings. The van der Waals surface area contributed by atoms with Gasteiger partial charge in [-0.25, -0.2) is 4.79 Å². The third-order valence-electron chi connectivity index (χ3n) is 7.48. The van der Waals surface area contributed by atoms with Crippen LogP contribution in [0.2, 0.25) is 0 Å². The topological polar surface area (TPSA) is 137 Å². The van der Waals surface area contributed by atoms with Crippen molar-refractivity contribution in [3.05, 3.63) is 40.7 Å². The number of nitrogens with zero attached hydrogens (tertiary/aromatic N) is 1. The monoisotopic (exact) mass is 499 g/mol. The number of likely N-dealkylation sites (tertiary alicyclic amines) is 1. The van der Waals surface area contributed by atoms with Gasteiger partial charge in [-0.15, -0.1) is 12.4 Å². The van der Waals surface area contributed by atoms with E-state index < -0.39 is 41.6 Å². The largest absolute Gasteiger partial charge is 0.481 e. The molecule has 1 spiro atoms. The summed E-state index contributed by atoms with van der Waals surface area (Å²) in [6, 6.07) is 3.44. The van der Waals surface area contributed by atoms with Crippen molar-refractivity contribution in [2.45, 2.75) is 76.4 Å². The van der Waals surface area contributed by atoms with Gasteiger partial charge in [-0.3, -0.25) is 4.79 Å². The Kier molecular flexibility index (Phi) is 8.11. The number of halogens is 1. The van der Waals surface area contributed by atoms with Crippen LogP contribution in [-0.4, -0.2) is 74.7 Å². The van der Waals surface area contributed by atoms with E-state index in [1.165, 1.54) is 0 Å². The van der Waals surface area contributed by atoms with Crippen LogP contribution in [-0.2, 0) is 26.3 Å². The van der Waals surface area contributed by atoms with Gasteiger partial charge in [0.05, 0.1) is 24.0 Å². The van der Waals surface area contributed by atoms with Crippen LogP contribution in [0.3, 0.4) is 0 Å². The van der Waals surface area contributed by atoms with Crippen molar-refractivity contribution < 1.29 is 39.5 Å². The molecule has 3 aliphatic rings. The van der Waals surface area contributed by atoms with Crippen LogP contribution >= 0.6 is 12.4 Å². The molecule has 9 nitrogen and oxygen atoms in total. The van der Waals surface area contributed by atoms with E-state index in [-0.39, 0.29) is 44.7 Å². The number of aryl methyl sites for hydroxylation is 1. The summed E-state index contributed by atoms with van der Waals surface area (Å²) in [4.78, 5) is 25.4. The minimum atomic E-state index is -1.87. The second-order valence-corrected chi connectivity index (χ2v) is 9.05. The Hall–Kier alpha value is -2.17. The van der Waals surface area contributed by atoms with Crippen LogP contribution in [0.5, 0.6) is 5.75 Å². The summed E-state index contributed by atoms with van der Waals surface area (Å²) in [6.45, 7) is 4.31. The molecule has 0 saturated carbocycles. The van der Waals surface area contributed by atoms with Crippen molar-refractivity contribution in [2.24, 2.45) is 0 Å². The quantitative estimate of drug-likeness (QED) is 0.446. The highest BCUT2D eigenvalue weighted by molar-refractivity contribution is 5.85. The third kappa shape index (κ3) is 3.89. The number of aliphatic hydroxyl groups is 3. The van der Waals surface area contributed by atoms with Crippen molar-refractivity contribution in [2.75, 3.05) is 13.6 Å². The average Bonchev–Trinajstić information content (AvgIpc) is 3.11. The number of hydrogen-bond acceptors (Lipinski definition) is 8. The van der Waals surface area contributed by atoms with Gasteiger partial charge in [-0.05, 0) is 45.5 Å². The predicted octanol–water partition coefficient (Wildman–Crippen LogP) is 1.67. The zero-order chi connectivity index (χ0) is 23.4. The van der Waals surface area contributed by atoms with Crippen molar-refractivity contribution >= 4 is 24.3 Å². The zero-order valence-electron chi connectivity index (χ0n) is 18.8. The summed E-state index contributed by atoms with van der Waals surface area (Å²) in [5.41, 5.74) is 0.146. The molecule has 4 rings (SSSR count). The lowest BCUT2D eigenvalue weighted by Crippen LogP contribution is -2.71. The van der Waals surface area contributed by atoms with Crippen LogP contribution in [0, 0.1) is 6.92 Å². The van der Waals surface area contributed by atoms with Gasteiger partial charge < -0.3 is 34.8 Å². The number of aliphatic hydroxyl groups excluding tert-OH is 2. The zero-order valence-corrected chi connectivity index (χ0v) is 19.6. The normalized spacial score (nSPS) is 30.2. The number of likely N-dealkylation sites (N-methyl/N-ethyl adjacent to an activating group) is 1. The van der Waals surface area contributed by atoms with E-state index in [1.807, 2.05) is 27.0 Å². The van der Waals surface area contributed by atoms with Gasteiger partial charge in [0, 0.05) is 23.6 Å². The number of fused-ring (bicyclic) bond motifs is 1. The van der Waals surface area contributed by atoms with Crippen LogP contribution in [0.15, 0.2) is 24.0 Å². The third-order valence-corrected chi connectivity index (χ3v) is 7.48. The highest BCUT2D eigenvalue weighted by Crippen LogP contribution is 2.61. The van der Waals surface area contributed by atoms with E-state index in [1.54, 1.807) is 12.1 Å². The molecule has 190 valence electrons. The summed E-state index contributed by atoms with van der Waals surface area (Å²) in [6.07, 6.45) is -1.06. The van der Waals surface area contributed by atoms with E-state index >= 15 is 0 Å². The summed E-state index contributed by atoms with van der Waals surface area (Å²) in [5, 5.41) is 40.4. The van der Waals surface area contributed by atoms with Crippen LogP contribution in [0.25, 0.3) is 0 Å². The molecule has 1 aliphatic carbocycles. The maximum absolute atomic E-state index is 12.4. The fourth-order valence-corrected chi connectivity index (χ4v) is 5.62. The van der Waals surface area contributed by atoms with Crippen molar-refractivity contribution in [1.82, 2.24) is 4.90 Å². The molecule has 1 saturated heterocycles. The molecule has 0 amide bonds. The average molecular weight is 500 g/mol. The molecule has 0 aromatic heterocycles. The maximum atomic E-state index is 12.4. The summed E-state index contributed by atoms with van der Waals surface area (Å²) < 4.78 is 11.8. The van der Waals surface area contributed by atoms with Crippen LogP contribution in [0.1, 0.15) is 50.3 Å². The summed E-state index contributed by atoms with van der Waals surface area (Å²) >= 11 is 0. The minimum Gasteiger partial charge on any atom is -0.481 e. The molecule has 0 radical (unpaired) electrons. The van der Waals surface area contributed by atoms with Crippen molar-refractivity contribution in [1.29, 1.82) is 0 Å². The molecule has 5 atom stereocenters. The first-order chi connectivity index (χ1) is 15.1. The van der Waals surface area contributed by atoms with Gasteiger partial charge in [0.2, 0.25) is 0 Å². The van der Waals surface area contributed by atoms with Gasteiger partial charge in [-0.2, -0.15) is 0 Å². The number of ether oxygens (including phenoxy) is 2. The highest BCUT2D eigenvalue weighted by atomic mass is 35.5. The molecular weight excluding hydrogens is 466 g/mol. The lowest BCUT2D eigenvalue weighted by molar-refractivity contribution is -0.164. The highest BCUT2D eigenvalue weighted by Gasteiger charge is 2.69. The Morgan fingerprint density at radius 2 is 2.03 bits per heavy atom. The second kappa shape index (κ2) is 9.83. The molecule has 2 heterocycles. The number of carbonyl (C=O) groups excluding carboxylic acids is 1. The maximum Gasteiger partial charge on any atom is 0.333 e. The van der Waals surface area contributed by atoms with Crippen molar-refractivity contribution in [3.8, 4) is 5.75 Å². The number of esters is 1.